The molecular weight excluding hydrogens is 242 g/mol. The molecule has 7 heteroatoms. The Balaban J connectivity index is 2.46. The third-order valence-corrected chi connectivity index (χ3v) is 2.84. The summed E-state index contributed by atoms with van der Waals surface area (Å²) in [5.74, 6) is 0.378. The molecule has 0 aliphatic rings. The molecule has 0 atom stereocenters. The minimum Gasteiger partial charge on any atom is -0.476 e. The lowest BCUT2D eigenvalue weighted by Crippen LogP contribution is -2.27. The largest absolute Gasteiger partial charge is 0.476 e. The molecule has 0 radical (unpaired) electrons. The predicted octanol–water partition coefficient (Wildman–Crippen LogP) is 0.106. The number of nitrogens with zero attached hydrogens (tertiary/aromatic N) is 1. The molecule has 96 valence electrons. The SMILES string of the molecule is CC(C)NCCOc1ccc(S(N)(=O)=O)cn1. The molecule has 0 bridgehead atoms. The topological polar surface area (TPSA) is 94.3 Å². The van der Waals surface area contributed by atoms with Crippen LogP contribution in [0, 0.1) is 0 Å². The van der Waals surface area contributed by atoms with E-state index in [4.69, 9.17) is 9.88 Å². The molecule has 3 N–H and O–H groups in total. The Labute approximate surface area is 101 Å². The molecule has 6 nitrogen and oxygen atoms in total. The van der Waals surface area contributed by atoms with Crippen LogP contribution < -0.4 is 15.2 Å². The van der Waals surface area contributed by atoms with Crippen LogP contribution in [0.1, 0.15) is 13.8 Å². The number of pyridine rings is 1. The fourth-order valence-electron chi connectivity index (χ4n) is 1.12. The molecule has 17 heavy (non-hydrogen) atoms. The van der Waals surface area contributed by atoms with Crippen LogP contribution >= 0.6 is 0 Å². The smallest absolute Gasteiger partial charge is 0.239 e. The van der Waals surface area contributed by atoms with Gasteiger partial charge >= 0.3 is 0 Å². The van der Waals surface area contributed by atoms with E-state index in [2.05, 4.69) is 10.3 Å². The number of primary sulfonamides is 1. The van der Waals surface area contributed by atoms with Gasteiger partial charge in [0.15, 0.2) is 0 Å². The van der Waals surface area contributed by atoms with Crippen molar-refractivity contribution in [3.63, 3.8) is 0 Å². The van der Waals surface area contributed by atoms with Gasteiger partial charge in [0.25, 0.3) is 0 Å². The quantitative estimate of drug-likeness (QED) is 0.707. The lowest BCUT2D eigenvalue weighted by molar-refractivity contribution is 0.297. The van der Waals surface area contributed by atoms with Crippen LogP contribution in [-0.4, -0.2) is 32.6 Å². The highest BCUT2D eigenvalue weighted by molar-refractivity contribution is 7.89. The molecule has 0 aliphatic heterocycles. The summed E-state index contributed by atoms with van der Waals surface area (Å²) in [7, 11) is -3.69. The van der Waals surface area contributed by atoms with Gasteiger partial charge in [-0.1, -0.05) is 13.8 Å². The van der Waals surface area contributed by atoms with Crippen LogP contribution in [-0.2, 0) is 10.0 Å². The van der Waals surface area contributed by atoms with E-state index in [1.54, 1.807) is 0 Å². The summed E-state index contributed by atoms with van der Waals surface area (Å²) in [6.45, 7) is 5.26. The zero-order chi connectivity index (χ0) is 12.9. The number of nitrogens with two attached hydrogens (primary N) is 1. The molecule has 0 amide bonds. The third kappa shape index (κ3) is 5.12. The van der Waals surface area contributed by atoms with E-state index in [0.29, 0.717) is 25.1 Å². The highest BCUT2D eigenvalue weighted by atomic mass is 32.2. The summed E-state index contributed by atoms with van der Waals surface area (Å²) in [5, 5.41) is 8.13. The van der Waals surface area contributed by atoms with Gasteiger partial charge in [-0.05, 0) is 6.07 Å². The van der Waals surface area contributed by atoms with E-state index in [0.717, 1.165) is 0 Å². The Hall–Kier alpha value is -1.18. The van der Waals surface area contributed by atoms with Crippen molar-refractivity contribution in [2.45, 2.75) is 24.8 Å². The average molecular weight is 259 g/mol. The van der Waals surface area contributed by atoms with Gasteiger partial charge in [-0.3, -0.25) is 0 Å². The second-order valence-corrected chi connectivity index (χ2v) is 5.40. The Bertz CT molecular complexity index is 442. The van der Waals surface area contributed by atoms with Gasteiger partial charge in [0, 0.05) is 18.7 Å². The minimum atomic E-state index is -3.69. The maximum absolute atomic E-state index is 11.0. The van der Waals surface area contributed by atoms with Crippen LogP contribution in [0.3, 0.4) is 0 Å². The van der Waals surface area contributed by atoms with Crippen LogP contribution in [0.15, 0.2) is 23.2 Å². The normalized spacial score (nSPS) is 11.8. The molecule has 0 saturated heterocycles. The van der Waals surface area contributed by atoms with E-state index in [9.17, 15) is 8.42 Å². The number of ether oxygens (including phenoxy) is 1. The van der Waals surface area contributed by atoms with Crippen LogP contribution in [0.25, 0.3) is 0 Å². The predicted molar refractivity (Wildman–Crippen MR) is 64.2 cm³/mol. The Morgan fingerprint density at radius 3 is 2.65 bits per heavy atom. The third-order valence-electron chi connectivity index (χ3n) is 1.94. The first kappa shape index (κ1) is 13.9. The minimum absolute atomic E-state index is 0.0230. The zero-order valence-corrected chi connectivity index (χ0v) is 10.7. The molecule has 0 saturated carbocycles. The van der Waals surface area contributed by atoms with Gasteiger partial charge in [-0.25, -0.2) is 18.5 Å². The lowest BCUT2D eigenvalue weighted by atomic mass is 10.4. The second-order valence-electron chi connectivity index (χ2n) is 3.83. The zero-order valence-electron chi connectivity index (χ0n) is 9.88. The molecule has 1 heterocycles. The second kappa shape index (κ2) is 5.95. The fraction of sp³-hybridized carbons (Fsp3) is 0.500. The standard InChI is InChI=1S/C10H17N3O3S/c1-8(2)12-5-6-16-10-4-3-9(7-13-10)17(11,14)15/h3-4,7-8,12H,5-6H2,1-2H3,(H2,11,14,15). The number of sulfonamides is 1. The van der Waals surface area contributed by atoms with E-state index >= 15 is 0 Å². The van der Waals surface area contributed by atoms with Crippen LogP contribution in [0.2, 0.25) is 0 Å². The van der Waals surface area contributed by atoms with Gasteiger partial charge in [0.05, 0.1) is 6.20 Å². The lowest BCUT2D eigenvalue weighted by Gasteiger charge is -2.09. The molecule has 1 aromatic rings. The van der Waals surface area contributed by atoms with Gasteiger partial charge in [-0.15, -0.1) is 0 Å². The van der Waals surface area contributed by atoms with Crippen molar-refractivity contribution in [2.24, 2.45) is 5.14 Å². The summed E-state index contributed by atoms with van der Waals surface area (Å²) in [6.07, 6.45) is 1.18. The highest BCUT2D eigenvalue weighted by Crippen LogP contribution is 2.10. The van der Waals surface area contributed by atoms with Crippen molar-refractivity contribution in [3.05, 3.63) is 18.3 Å². The number of aromatic nitrogens is 1. The summed E-state index contributed by atoms with van der Waals surface area (Å²) < 4.78 is 27.2. The maximum atomic E-state index is 11.0. The summed E-state index contributed by atoms with van der Waals surface area (Å²) in [6, 6.07) is 3.25. The molecule has 1 aromatic heterocycles. The Kier molecular flexibility index (Phi) is 4.86. The molecule has 0 spiro atoms. The number of hydrogen-bond acceptors (Lipinski definition) is 5. The molecule has 0 fully saturated rings. The fourth-order valence-corrected chi connectivity index (χ4v) is 1.58. The van der Waals surface area contributed by atoms with Gasteiger partial charge in [0.1, 0.15) is 11.5 Å². The summed E-state index contributed by atoms with van der Waals surface area (Å²) in [5.41, 5.74) is 0. The van der Waals surface area contributed by atoms with Crippen molar-refractivity contribution in [1.29, 1.82) is 0 Å². The molecular formula is C10H17N3O3S. The van der Waals surface area contributed by atoms with Crippen molar-refractivity contribution in [3.8, 4) is 5.88 Å². The number of rotatable bonds is 6. The molecule has 1 rings (SSSR count). The number of hydrogen-bond donors (Lipinski definition) is 2. The summed E-state index contributed by atoms with van der Waals surface area (Å²) >= 11 is 0. The molecule has 0 aromatic carbocycles. The first-order chi connectivity index (χ1) is 7.89. The van der Waals surface area contributed by atoms with Crippen molar-refractivity contribution >= 4 is 10.0 Å². The summed E-state index contributed by atoms with van der Waals surface area (Å²) in [4.78, 5) is 3.83. The first-order valence-corrected chi connectivity index (χ1v) is 6.79. The first-order valence-electron chi connectivity index (χ1n) is 5.24. The number of nitrogens with one attached hydrogen (secondary N) is 1. The average Bonchev–Trinajstić information content (AvgIpc) is 2.23. The Morgan fingerprint density at radius 2 is 2.18 bits per heavy atom. The van der Waals surface area contributed by atoms with Gasteiger partial charge in [0.2, 0.25) is 15.9 Å². The monoisotopic (exact) mass is 259 g/mol. The molecule has 0 unspecified atom stereocenters. The Morgan fingerprint density at radius 1 is 1.47 bits per heavy atom. The van der Waals surface area contributed by atoms with Gasteiger partial charge < -0.3 is 10.1 Å². The van der Waals surface area contributed by atoms with Gasteiger partial charge in [-0.2, -0.15) is 0 Å². The molecule has 0 aliphatic carbocycles. The van der Waals surface area contributed by atoms with Crippen molar-refractivity contribution < 1.29 is 13.2 Å². The van der Waals surface area contributed by atoms with E-state index in [1.165, 1.54) is 18.3 Å². The van der Waals surface area contributed by atoms with Crippen molar-refractivity contribution in [2.75, 3.05) is 13.2 Å². The van der Waals surface area contributed by atoms with E-state index < -0.39 is 10.0 Å². The van der Waals surface area contributed by atoms with Crippen LogP contribution in [0.5, 0.6) is 5.88 Å². The van der Waals surface area contributed by atoms with Crippen LogP contribution in [0.4, 0.5) is 0 Å². The van der Waals surface area contributed by atoms with E-state index in [-0.39, 0.29) is 4.90 Å². The maximum Gasteiger partial charge on any atom is 0.239 e. The van der Waals surface area contributed by atoms with Crippen molar-refractivity contribution in [1.82, 2.24) is 10.3 Å². The van der Waals surface area contributed by atoms with E-state index in [1.807, 2.05) is 13.8 Å². The highest BCUT2D eigenvalue weighted by Gasteiger charge is 2.07.